The molecule has 1 atom stereocenters. The minimum absolute atomic E-state index is 0.00388. The lowest BCUT2D eigenvalue weighted by atomic mass is 10.0. The predicted molar refractivity (Wildman–Crippen MR) is 87.6 cm³/mol. The third-order valence-electron chi connectivity index (χ3n) is 3.81. The van der Waals surface area contributed by atoms with Gasteiger partial charge in [-0.15, -0.1) is 0 Å². The van der Waals surface area contributed by atoms with Crippen LogP contribution in [0.3, 0.4) is 0 Å². The van der Waals surface area contributed by atoms with Gasteiger partial charge >= 0.3 is 0 Å². The Morgan fingerprint density at radius 2 is 2.05 bits per heavy atom. The molecular formula is C17H25N3O. The Hall–Kier alpha value is -1.81. The first kappa shape index (κ1) is 15.6. The molecule has 0 aliphatic heterocycles. The molecule has 2 rings (SSSR count). The van der Waals surface area contributed by atoms with Crippen LogP contribution >= 0.6 is 0 Å². The largest absolute Gasteiger partial charge is 0.361 e. The molecule has 0 spiro atoms. The summed E-state index contributed by atoms with van der Waals surface area (Å²) in [7, 11) is 4.12. The number of carbonyl (C=O) groups excluding carboxylic acids is 1. The highest BCUT2D eigenvalue weighted by atomic mass is 16.1. The highest BCUT2D eigenvalue weighted by Crippen LogP contribution is 2.17. The zero-order valence-electron chi connectivity index (χ0n) is 13.3. The van der Waals surface area contributed by atoms with Gasteiger partial charge in [0.1, 0.15) is 0 Å². The lowest BCUT2D eigenvalue weighted by Crippen LogP contribution is -2.41. The molecule has 0 aliphatic carbocycles. The monoisotopic (exact) mass is 287 g/mol. The summed E-state index contributed by atoms with van der Waals surface area (Å²) in [5.74, 6) is 0.609. The van der Waals surface area contributed by atoms with Gasteiger partial charge in [-0.3, -0.25) is 4.79 Å². The van der Waals surface area contributed by atoms with Crippen LogP contribution in [0, 0.1) is 5.92 Å². The highest BCUT2D eigenvalue weighted by molar-refractivity contribution is 6.06. The van der Waals surface area contributed by atoms with Crippen LogP contribution in [0.1, 0.15) is 30.6 Å². The van der Waals surface area contributed by atoms with Gasteiger partial charge in [0, 0.05) is 35.2 Å². The lowest BCUT2D eigenvalue weighted by Gasteiger charge is -2.26. The van der Waals surface area contributed by atoms with Crippen molar-refractivity contribution >= 4 is 16.8 Å². The van der Waals surface area contributed by atoms with Gasteiger partial charge in [0.05, 0.1) is 0 Å². The summed E-state index contributed by atoms with van der Waals surface area (Å²) >= 11 is 0. The summed E-state index contributed by atoms with van der Waals surface area (Å²) in [5.41, 5.74) is 1.73. The Morgan fingerprint density at radius 3 is 2.71 bits per heavy atom. The maximum absolute atomic E-state index is 12.4. The average molecular weight is 287 g/mol. The fourth-order valence-corrected chi connectivity index (χ4v) is 2.61. The van der Waals surface area contributed by atoms with E-state index in [9.17, 15) is 4.79 Å². The van der Waals surface area contributed by atoms with E-state index in [1.165, 1.54) is 0 Å². The number of H-pyrrole nitrogens is 1. The van der Waals surface area contributed by atoms with E-state index >= 15 is 0 Å². The first-order valence-corrected chi connectivity index (χ1v) is 7.49. The number of nitrogens with one attached hydrogen (secondary N) is 2. The number of likely N-dealkylation sites (N-methyl/N-ethyl adjacent to an activating group) is 1. The second-order valence-corrected chi connectivity index (χ2v) is 6.20. The molecule has 0 bridgehead atoms. The molecule has 0 aliphatic rings. The van der Waals surface area contributed by atoms with Crippen molar-refractivity contribution in [3.8, 4) is 0 Å². The number of fused-ring (bicyclic) bond motifs is 1. The van der Waals surface area contributed by atoms with E-state index in [4.69, 9.17) is 0 Å². The van der Waals surface area contributed by atoms with Crippen molar-refractivity contribution in [3.63, 3.8) is 0 Å². The minimum atomic E-state index is -0.00388. The van der Waals surface area contributed by atoms with Gasteiger partial charge in [0.15, 0.2) is 0 Å². The summed E-state index contributed by atoms with van der Waals surface area (Å²) < 4.78 is 0. The number of rotatable bonds is 6. The van der Waals surface area contributed by atoms with E-state index in [-0.39, 0.29) is 5.91 Å². The van der Waals surface area contributed by atoms with E-state index in [1.807, 2.05) is 30.5 Å². The molecule has 2 N–H and O–H groups in total. The Kier molecular flexibility index (Phi) is 5.02. The molecule has 21 heavy (non-hydrogen) atoms. The van der Waals surface area contributed by atoms with E-state index in [2.05, 4.69) is 43.1 Å². The van der Waals surface area contributed by atoms with Crippen LogP contribution in [0.25, 0.3) is 10.9 Å². The molecule has 4 heteroatoms. The topological polar surface area (TPSA) is 48.1 Å². The van der Waals surface area contributed by atoms with Gasteiger partial charge in [0.25, 0.3) is 5.91 Å². The number of aromatic amines is 1. The molecule has 4 nitrogen and oxygen atoms in total. The summed E-state index contributed by atoms with van der Waals surface area (Å²) in [6.07, 6.45) is 2.93. The molecule has 1 aromatic carbocycles. The first-order valence-electron chi connectivity index (χ1n) is 7.49. The van der Waals surface area contributed by atoms with Crippen LogP contribution in [0.5, 0.6) is 0 Å². The van der Waals surface area contributed by atoms with Crippen LogP contribution in [0.4, 0.5) is 0 Å². The van der Waals surface area contributed by atoms with Crippen molar-refractivity contribution in [3.05, 3.63) is 36.0 Å². The smallest absolute Gasteiger partial charge is 0.252 e. The zero-order chi connectivity index (χ0) is 15.4. The Labute approximate surface area is 126 Å². The summed E-state index contributed by atoms with van der Waals surface area (Å²) in [6.45, 7) is 5.09. The molecule has 1 amide bonds. The van der Waals surface area contributed by atoms with E-state index in [0.29, 0.717) is 18.5 Å². The lowest BCUT2D eigenvalue weighted by molar-refractivity contribution is 0.0940. The average Bonchev–Trinajstić information content (AvgIpc) is 2.90. The van der Waals surface area contributed by atoms with Crippen LogP contribution in [-0.4, -0.2) is 42.5 Å². The van der Waals surface area contributed by atoms with Crippen molar-refractivity contribution in [2.24, 2.45) is 5.92 Å². The zero-order valence-corrected chi connectivity index (χ0v) is 13.3. The molecule has 1 unspecified atom stereocenters. The number of aromatic nitrogens is 1. The summed E-state index contributed by atoms with van der Waals surface area (Å²) in [5, 5.41) is 4.05. The quantitative estimate of drug-likeness (QED) is 0.858. The number of nitrogens with zero attached hydrogens (tertiary/aromatic N) is 1. The third-order valence-corrected chi connectivity index (χ3v) is 3.81. The maximum Gasteiger partial charge on any atom is 0.252 e. The second-order valence-electron chi connectivity index (χ2n) is 6.20. The normalized spacial score (nSPS) is 13.0. The third kappa shape index (κ3) is 3.85. The van der Waals surface area contributed by atoms with Gasteiger partial charge in [0.2, 0.25) is 0 Å². The van der Waals surface area contributed by atoms with Gasteiger partial charge in [-0.2, -0.15) is 0 Å². The maximum atomic E-state index is 12.4. The number of benzene rings is 1. The molecule has 0 saturated carbocycles. The van der Waals surface area contributed by atoms with Gasteiger partial charge in [-0.1, -0.05) is 19.9 Å². The van der Waals surface area contributed by atoms with Crippen LogP contribution < -0.4 is 5.32 Å². The Morgan fingerprint density at radius 1 is 1.29 bits per heavy atom. The van der Waals surface area contributed by atoms with Crippen LogP contribution in [0.2, 0.25) is 0 Å². The van der Waals surface area contributed by atoms with Crippen LogP contribution in [-0.2, 0) is 0 Å². The van der Waals surface area contributed by atoms with E-state index < -0.39 is 0 Å². The van der Waals surface area contributed by atoms with Gasteiger partial charge in [-0.25, -0.2) is 0 Å². The minimum Gasteiger partial charge on any atom is -0.361 e. The van der Waals surface area contributed by atoms with Gasteiger partial charge < -0.3 is 15.2 Å². The molecule has 0 fully saturated rings. The first-order chi connectivity index (χ1) is 9.99. The number of hydrogen-bond donors (Lipinski definition) is 2. The molecule has 0 saturated heterocycles. The summed E-state index contributed by atoms with van der Waals surface area (Å²) in [4.78, 5) is 17.7. The molecule has 1 heterocycles. The molecule has 1 aromatic heterocycles. The standard InChI is InChI=1S/C17H25N3O/c1-12(2)10-13(20(3)4)11-19-17(21)15-6-5-7-16-14(15)8-9-18-16/h5-9,12-13,18H,10-11H2,1-4H3,(H,19,21). The van der Waals surface area contributed by atoms with E-state index in [0.717, 1.165) is 22.9 Å². The molecular weight excluding hydrogens is 262 g/mol. The number of hydrogen-bond acceptors (Lipinski definition) is 2. The Balaban J connectivity index is 2.05. The molecule has 114 valence electrons. The van der Waals surface area contributed by atoms with Crippen molar-refractivity contribution < 1.29 is 4.79 Å². The van der Waals surface area contributed by atoms with Crippen LogP contribution in [0.15, 0.2) is 30.5 Å². The van der Waals surface area contributed by atoms with Crippen molar-refractivity contribution in [1.82, 2.24) is 15.2 Å². The Bertz CT molecular complexity index is 601. The molecule has 2 aromatic rings. The predicted octanol–water partition coefficient (Wildman–Crippen LogP) is 2.87. The summed E-state index contributed by atoms with van der Waals surface area (Å²) in [6, 6.07) is 8.07. The fourth-order valence-electron chi connectivity index (χ4n) is 2.61. The SMILES string of the molecule is CC(C)CC(CNC(=O)c1cccc2[nH]ccc12)N(C)C. The highest BCUT2D eigenvalue weighted by Gasteiger charge is 2.16. The van der Waals surface area contributed by atoms with Crippen molar-refractivity contribution in [2.75, 3.05) is 20.6 Å². The molecule has 0 radical (unpaired) electrons. The number of amides is 1. The number of carbonyl (C=O) groups is 1. The van der Waals surface area contributed by atoms with Crippen molar-refractivity contribution in [1.29, 1.82) is 0 Å². The fraction of sp³-hybridized carbons (Fsp3) is 0.471. The van der Waals surface area contributed by atoms with E-state index in [1.54, 1.807) is 0 Å². The van der Waals surface area contributed by atoms with Gasteiger partial charge in [-0.05, 0) is 44.6 Å². The van der Waals surface area contributed by atoms with Crippen molar-refractivity contribution in [2.45, 2.75) is 26.3 Å². The second kappa shape index (κ2) is 6.76.